The van der Waals surface area contributed by atoms with E-state index in [-0.39, 0.29) is 0 Å². The minimum absolute atomic E-state index is 0.494. The number of likely N-dealkylation sites (N-methyl/N-ethyl adjacent to an activating group) is 1. The van der Waals surface area contributed by atoms with E-state index >= 15 is 0 Å². The first-order valence-electron chi connectivity index (χ1n) is 7.48. The molecule has 1 aliphatic heterocycles. The van der Waals surface area contributed by atoms with E-state index in [1.165, 1.54) is 30.4 Å². The molecule has 19 heavy (non-hydrogen) atoms. The molecule has 2 rings (SSSR count). The molecule has 0 saturated heterocycles. The average molecular weight is 259 g/mol. The van der Waals surface area contributed by atoms with E-state index in [9.17, 15) is 0 Å². The summed E-state index contributed by atoms with van der Waals surface area (Å²) in [5.41, 5.74) is 2.88. The Balaban J connectivity index is 1.81. The molecule has 0 saturated carbocycles. The Bertz CT molecular complexity index is 386. The molecule has 1 aliphatic rings. The van der Waals surface area contributed by atoms with Crippen LogP contribution in [0.25, 0.3) is 0 Å². The van der Waals surface area contributed by atoms with Crippen molar-refractivity contribution in [3.8, 4) is 0 Å². The van der Waals surface area contributed by atoms with Crippen LogP contribution in [0.4, 0.5) is 0 Å². The smallest absolute Gasteiger partial charge is 0.0876 e. The van der Waals surface area contributed by atoms with Gasteiger partial charge in [-0.05, 0) is 49.8 Å². The largest absolute Gasteiger partial charge is 0.501 e. The van der Waals surface area contributed by atoms with Gasteiger partial charge in [-0.3, -0.25) is 0 Å². The van der Waals surface area contributed by atoms with Crippen LogP contribution >= 0.6 is 0 Å². The van der Waals surface area contributed by atoms with Gasteiger partial charge in [0.25, 0.3) is 0 Å². The van der Waals surface area contributed by atoms with E-state index in [1.807, 2.05) is 6.26 Å². The molecule has 1 aromatic carbocycles. The third-order valence-electron chi connectivity index (χ3n) is 3.66. The molecule has 0 amide bonds. The molecular formula is C17H25NO. The topological polar surface area (TPSA) is 21.3 Å². The maximum absolute atomic E-state index is 5.47. The summed E-state index contributed by atoms with van der Waals surface area (Å²) in [4.78, 5) is 0. The first-order chi connectivity index (χ1) is 9.40. The van der Waals surface area contributed by atoms with E-state index in [4.69, 9.17) is 4.74 Å². The van der Waals surface area contributed by atoms with Gasteiger partial charge in [0.1, 0.15) is 0 Å². The lowest BCUT2D eigenvalue weighted by Gasteiger charge is -2.24. The lowest BCUT2D eigenvalue weighted by atomic mass is 9.96. The summed E-state index contributed by atoms with van der Waals surface area (Å²) in [5, 5.41) is 3.59. The van der Waals surface area contributed by atoms with Gasteiger partial charge < -0.3 is 10.1 Å². The second-order valence-corrected chi connectivity index (χ2v) is 5.16. The Morgan fingerprint density at radius 2 is 2.11 bits per heavy atom. The zero-order valence-electron chi connectivity index (χ0n) is 11.9. The second kappa shape index (κ2) is 8.00. The van der Waals surface area contributed by atoms with Gasteiger partial charge >= 0.3 is 0 Å². The van der Waals surface area contributed by atoms with Crippen molar-refractivity contribution in [1.82, 2.24) is 5.32 Å². The van der Waals surface area contributed by atoms with Gasteiger partial charge in [-0.25, -0.2) is 0 Å². The van der Waals surface area contributed by atoms with Gasteiger partial charge in [0.2, 0.25) is 0 Å². The van der Waals surface area contributed by atoms with Crippen LogP contribution in [0.5, 0.6) is 0 Å². The summed E-state index contributed by atoms with van der Waals surface area (Å²) in [5.74, 6) is 0. The molecule has 2 heteroatoms. The number of hydrogen-bond donors (Lipinski definition) is 1. The molecule has 0 fully saturated rings. The Morgan fingerprint density at radius 1 is 1.26 bits per heavy atom. The molecule has 2 nitrogen and oxygen atoms in total. The molecule has 0 spiro atoms. The van der Waals surface area contributed by atoms with Crippen LogP contribution in [-0.2, 0) is 11.2 Å². The van der Waals surface area contributed by atoms with Gasteiger partial charge in [-0.2, -0.15) is 0 Å². The van der Waals surface area contributed by atoms with E-state index in [1.54, 1.807) is 0 Å². The zero-order chi connectivity index (χ0) is 13.3. The van der Waals surface area contributed by atoms with Gasteiger partial charge in [0.05, 0.1) is 12.9 Å². The number of hydrogen-bond acceptors (Lipinski definition) is 2. The fourth-order valence-electron chi connectivity index (χ4n) is 2.66. The van der Waals surface area contributed by atoms with E-state index in [0.717, 1.165) is 26.0 Å². The van der Waals surface area contributed by atoms with Gasteiger partial charge in [-0.15, -0.1) is 0 Å². The first kappa shape index (κ1) is 14.1. The van der Waals surface area contributed by atoms with Crippen LogP contribution in [0, 0.1) is 0 Å². The Hall–Kier alpha value is -1.28. The summed E-state index contributed by atoms with van der Waals surface area (Å²) >= 11 is 0. The summed E-state index contributed by atoms with van der Waals surface area (Å²) in [6.07, 6.45) is 7.91. The minimum atomic E-state index is 0.494. The molecular weight excluding hydrogens is 234 g/mol. The number of ether oxygens (including phenoxy) is 1. The van der Waals surface area contributed by atoms with Crippen molar-refractivity contribution in [2.75, 3.05) is 13.2 Å². The van der Waals surface area contributed by atoms with Crippen molar-refractivity contribution in [2.24, 2.45) is 0 Å². The maximum atomic E-state index is 5.47. The van der Waals surface area contributed by atoms with Gasteiger partial charge in [0.15, 0.2) is 0 Å². The summed E-state index contributed by atoms with van der Waals surface area (Å²) in [6.45, 7) is 4.08. The Labute approximate surface area is 116 Å². The molecule has 0 radical (unpaired) electrons. The Morgan fingerprint density at radius 3 is 2.79 bits per heavy atom. The molecule has 0 bridgehead atoms. The normalized spacial score (nSPS) is 16.6. The van der Waals surface area contributed by atoms with Crippen LogP contribution in [-0.4, -0.2) is 19.2 Å². The summed E-state index contributed by atoms with van der Waals surface area (Å²) in [7, 11) is 0. The number of aryl methyl sites for hydroxylation is 1. The van der Waals surface area contributed by atoms with Crippen molar-refractivity contribution < 1.29 is 4.74 Å². The third kappa shape index (κ3) is 4.71. The molecule has 104 valence electrons. The van der Waals surface area contributed by atoms with Crippen LogP contribution < -0.4 is 5.32 Å². The van der Waals surface area contributed by atoms with E-state index in [2.05, 4.69) is 42.6 Å². The summed E-state index contributed by atoms with van der Waals surface area (Å²) in [6, 6.07) is 11.2. The summed E-state index contributed by atoms with van der Waals surface area (Å²) < 4.78 is 5.47. The average Bonchev–Trinajstić information content (AvgIpc) is 2.48. The quantitative estimate of drug-likeness (QED) is 0.806. The Kier molecular flexibility index (Phi) is 5.96. The molecule has 0 aliphatic carbocycles. The standard InChI is InChI=1S/C17H25NO/c1-2-18-17(16-11-7-13-19-14-16)12-6-10-15-8-4-3-5-9-15/h3-5,8-9,14,17-18H,2,6-7,10-13H2,1H3. The molecule has 1 unspecified atom stereocenters. The second-order valence-electron chi connectivity index (χ2n) is 5.16. The predicted molar refractivity (Wildman–Crippen MR) is 80.1 cm³/mol. The zero-order valence-corrected chi connectivity index (χ0v) is 11.9. The number of rotatable bonds is 7. The molecule has 0 aromatic heterocycles. The van der Waals surface area contributed by atoms with E-state index in [0.29, 0.717) is 6.04 Å². The predicted octanol–water partition coefficient (Wildman–Crippen LogP) is 3.68. The fraction of sp³-hybridized carbons (Fsp3) is 0.529. The van der Waals surface area contributed by atoms with Crippen LogP contribution in [0.3, 0.4) is 0 Å². The van der Waals surface area contributed by atoms with Crippen LogP contribution in [0.1, 0.15) is 38.2 Å². The highest BCUT2D eigenvalue weighted by molar-refractivity contribution is 5.15. The highest BCUT2D eigenvalue weighted by Crippen LogP contribution is 2.19. The van der Waals surface area contributed by atoms with Crippen LogP contribution in [0.2, 0.25) is 0 Å². The van der Waals surface area contributed by atoms with E-state index < -0.39 is 0 Å². The molecule has 1 atom stereocenters. The monoisotopic (exact) mass is 259 g/mol. The van der Waals surface area contributed by atoms with Crippen LogP contribution in [0.15, 0.2) is 42.2 Å². The first-order valence-corrected chi connectivity index (χ1v) is 7.48. The van der Waals surface area contributed by atoms with Gasteiger partial charge in [-0.1, -0.05) is 37.3 Å². The number of benzene rings is 1. The maximum Gasteiger partial charge on any atom is 0.0876 e. The minimum Gasteiger partial charge on any atom is -0.501 e. The van der Waals surface area contributed by atoms with Crippen molar-refractivity contribution in [2.45, 2.75) is 45.1 Å². The van der Waals surface area contributed by atoms with Crippen molar-refractivity contribution >= 4 is 0 Å². The SMILES string of the molecule is CCNC(CCCc1ccccc1)C1=COCCC1. The lowest BCUT2D eigenvalue weighted by molar-refractivity contribution is 0.218. The molecule has 1 heterocycles. The third-order valence-corrected chi connectivity index (χ3v) is 3.66. The highest BCUT2D eigenvalue weighted by atomic mass is 16.5. The van der Waals surface area contributed by atoms with Crippen molar-refractivity contribution in [3.05, 3.63) is 47.7 Å². The lowest BCUT2D eigenvalue weighted by Crippen LogP contribution is -2.32. The highest BCUT2D eigenvalue weighted by Gasteiger charge is 2.15. The molecule has 1 aromatic rings. The fourth-order valence-corrected chi connectivity index (χ4v) is 2.66. The van der Waals surface area contributed by atoms with Gasteiger partial charge in [0, 0.05) is 6.04 Å². The van der Waals surface area contributed by atoms with Crippen molar-refractivity contribution in [1.29, 1.82) is 0 Å². The van der Waals surface area contributed by atoms with Crippen molar-refractivity contribution in [3.63, 3.8) is 0 Å². The number of nitrogens with one attached hydrogen (secondary N) is 1. The molecule has 1 N–H and O–H groups in total.